The summed E-state index contributed by atoms with van der Waals surface area (Å²) >= 11 is 1.50. The monoisotopic (exact) mass is 435 g/mol. The molecule has 0 fully saturated rings. The summed E-state index contributed by atoms with van der Waals surface area (Å²) in [6.45, 7) is 2.04. The third kappa shape index (κ3) is 3.04. The Morgan fingerprint density at radius 2 is 1.84 bits per heavy atom. The molecule has 0 bridgehead atoms. The van der Waals surface area contributed by atoms with Gasteiger partial charge in [0, 0.05) is 11.6 Å². The van der Waals surface area contributed by atoms with Crippen molar-refractivity contribution in [2.24, 2.45) is 4.99 Å². The van der Waals surface area contributed by atoms with Gasteiger partial charge in [-0.1, -0.05) is 53.8 Å². The number of aryl methyl sites for hydroxylation is 1. The third-order valence-corrected chi connectivity index (χ3v) is 6.39. The predicted octanol–water partition coefficient (Wildman–Crippen LogP) is 6.38. The average Bonchev–Trinajstić information content (AvgIpc) is 3.33. The van der Waals surface area contributed by atoms with Crippen LogP contribution in [0.4, 0.5) is 5.69 Å². The first-order valence-electron chi connectivity index (χ1n) is 10.2. The summed E-state index contributed by atoms with van der Waals surface area (Å²) in [7, 11) is 0. The lowest BCUT2D eigenvalue weighted by molar-refractivity contribution is 0.563. The van der Waals surface area contributed by atoms with E-state index in [2.05, 4.69) is 4.99 Å². The number of hydrogen-bond donors (Lipinski definition) is 0. The van der Waals surface area contributed by atoms with E-state index in [1.54, 1.807) is 6.07 Å². The van der Waals surface area contributed by atoms with Crippen LogP contribution in [0.5, 0.6) is 0 Å². The van der Waals surface area contributed by atoms with Gasteiger partial charge in [-0.2, -0.15) is 0 Å². The van der Waals surface area contributed by atoms with Crippen LogP contribution in [-0.2, 0) is 0 Å². The van der Waals surface area contributed by atoms with Crippen LogP contribution in [0.15, 0.2) is 93.1 Å². The minimum Gasteiger partial charge on any atom is -0.422 e. The Bertz CT molecular complexity index is 1720. The van der Waals surface area contributed by atoms with Crippen LogP contribution < -0.4 is 5.63 Å². The molecule has 0 spiro atoms. The smallest absolute Gasteiger partial charge is 0.345 e. The molecule has 0 radical (unpaired) electrons. The van der Waals surface area contributed by atoms with Crippen LogP contribution in [0.3, 0.4) is 0 Å². The first-order valence-corrected chi connectivity index (χ1v) is 11.0. The third-order valence-electron chi connectivity index (χ3n) is 5.42. The molecule has 0 saturated carbocycles. The molecule has 32 heavy (non-hydrogen) atoms. The minimum atomic E-state index is -0.383. The maximum atomic E-state index is 13.1. The van der Waals surface area contributed by atoms with Gasteiger partial charge in [0.1, 0.15) is 5.58 Å². The SMILES string of the molecule is Cc1cccc(N=Cc2sc3nc4ccccc4n3c2-c2cc3ccccc3oc2=O)c1. The van der Waals surface area contributed by atoms with Gasteiger partial charge in [-0.3, -0.25) is 9.39 Å². The van der Waals surface area contributed by atoms with Gasteiger partial charge in [-0.15, -0.1) is 0 Å². The second kappa shape index (κ2) is 7.28. The fourth-order valence-electron chi connectivity index (χ4n) is 3.95. The molecular formula is C26H17N3O2S. The van der Waals surface area contributed by atoms with Gasteiger partial charge in [0.05, 0.1) is 32.9 Å². The highest BCUT2D eigenvalue weighted by Crippen LogP contribution is 2.34. The van der Waals surface area contributed by atoms with Crippen LogP contribution in [-0.4, -0.2) is 15.6 Å². The number of fused-ring (bicyclic) bond motifs is 4. The molecule has 6 aromatic rings. The van der Waals surface area contributed by atoms with Crippen LogP contribution in [0, 0.1) is 6.92 Å². The molecule has 6 heteroatoms. The molecule has 3 aromatic heterocycles. The zero-order valence-corrected chi connectivity index (χ0v) is 18.0. The molecule has 0 amide bonds. The number of rotatable bonds is 3. The van der Waals surface area contributed by atoms with Crippen molar-refractivity contribution in [2.75, 3.05) is 0 Å². The molecule has 6 rings (SSSR count). The predicted molar refractivity (Wildman–Crippen MR) is 130 cm³/mol. The molecule has 3 aromatic carbocycles. The van der Waals surface area contributed by atoms with E-state index in [0.29, 0.717) is 11.1 Å². The van der Waals surface area contributed by atoms with Crippen LogP contribution in [0.1, 0.15) is 10.4 Å². The van der Waals surface area contributed by atoms with E-state index in [1.165, 1.54) is 11.3 Å². The summed E-state index contributed by atoms with van der Waals surface area (Å²) in [5, 5.41) is 0.868. The molecule has 0 aliphatic rings. The molecule has 154 valence electrons. The Labute approximate surface area is 186 Å². The summed E-state index contributed by atoms with van der Waals surface area (Å²) in [4.78, 5) is 24.2. The summed E-state index contributed by atoms with van der Waals surface area (Å²) in [5.41, 5.74) is 5.24. The maximum Gasteiger partial charge on any atom is 0.345 e. The van der Waals surface area contributed by atoms with E-state index in [9.17, 15) is 4.79 Å². The van der Waals surface area contributed by atoms with Crippen molar-refractivity contribution in [1.29, 1.82) is 0 Å². The number of aromatic nitrogens is 2. The normalized spacial score (nSPS) is 11.9. The topological polar surface area (TPSA) is 59.9 Å². The molecule has 0 N–H and O–H groups in total. The largest absolute Gasteiger partial charge is 0.422 e. The Kier molecular flexibility index (Phi) is 4.26. The van der Waals surface area contributed by atoms with Crippen LogP contribution in [0.2, 0.25) is 0 Å². The van der Waals surface area contributed by atoms with Gasteiger partial charge >= 0.3 is 5.63 Å². The number of aliphatic imine (C=N–C) groups is 1. The molecule has 0 aliphatic carbocycles. The van der Waals surface area contributed by atoms with Crippen molar-refractivity contribution >= 4 is 50.2 Å². The quantitative estimate of drug-likeness (QED) is 0.239. The molecule has 0 unspecified atom stereocenters. The molecule has 0 aliphatic heterocycles. The molecule has 0 atom stereocenters. The molecule has 5 nitrogen and oxygen atoms in total. The minimum absolute atomic E-state index is 0.383. The lowest BCUT2D eigenvalue weighted by Crippen LogP contribution is -2.05. The Morgan fingerprint density at radius 3 is 2.75 bits per heavy atom. The van der Waals surface area contributed by atoms with Crippen LogP contribution in [0.25, 0.3) is 38.2 Å². The summed E-state index contributed by atoms with van der Waals surface area (Å²) < 4.78 is 7.68. The van der Waals surface area contributed by atoms with E-state index in [-0.39, 0.29) is 5.63 Å². The van der Waals surface area contributed by atoms with Gasteiger partial charge in [0.25, 0.3) is 0 Å². The standard InChI is InChI=1S/C26H17N3O2S/c1-16-7-6-9-18(13-16)27-15-23-24(19-14-17-8-2-5-12-22(17)31-25(19)30)29-21-11-4-3-10-20(21)28-26(29)32-23/h2-15H,1H3. The zero-order chi connectivity index (χ0) is 21.7. The Morgan fingerprint density at radius 1 is 1.00 bits per heavy atom. The van der Waals surface area contributed by atoms with Gasteiger partial charge in [0.2, 0.25) is 0 Å². The van der Waals surface area contributed by atoms with Crippen LogP contribution >= 0.6 is 11.3 Å². The van der Waals surface area contributed by atoms with E-state index < -0.39 is 0 Å². The van der Waals surface area contributed by atoms with E-state index in [1.807, 2.05) is 90.3 Å². The number of imidazole rings is 1. The van der Waals surface area contributed by atoms with E-state index in [0.717, 1.165) is 43.2 Å². The van der Waals surface area contributed by atoms with E-state index >= 15 is 0 Å². The summed E-state index contributed by atoms with van der Waals surface area (Å²) in [6, 6.07) is 25.3. The molecule has 3 heterocycles. The highest BCUT2D eigenvalue weighted by Gasteiger charge is 2.21. The summed E-state index contributed by atoms with van der Waals surface area (Å²) in [6.07, 6.45) is 1.81. The van der Waals surface area contributed by atoms with Crippen molar-refractivity contribution < 1.29 is 4.42 Å². The number of para-hydroxylation sites is 3. The van der Waals surface area contributed by atoms with E-state index in [4.69, 9.17) is 9.40 Å². The van der Waals surface area contributed by atoms with Crippen molar-refractivity contribution in [3.05, 3.63) is 99.7 Å². The Balaban J connectivity index is 1.65. The highest BCUT2D eigenvalue weighted by molar-refractivity contribution is 7.19. The number of benzene rings is 3. The van der Waals surface area contributed by atoms with Gasteiger partial charge < -0.3 is 4.42 Å². The molecular weight excluding hydrogens is 418 g/mol. The van der Waals surface area contributed by atoms with Crippen molar-refractivity contribution in [2.45, 2.75) is 6.92 Å². The average molecular weight is 436 g/mol. The molecule has 0 saturated heterocycles. The van der Waals surface area contributed by atoms with Gasteiger partial charge in [-0.25, -0.2) is 9.78 Å². The van der Waals surface area contributed by atoms with Crippen molar-refractivity contribution in [3.8, 4) is 11.3 Å². The zero-order valence-electron chi connectivity index (χ0n) is 17.1. The Hall–Kier alpha value is -4.03. The fraction of sp³-hybridized carbons (Fsp3) is 0.0385. The van der Waals surface area contributed by atoms with Gasteiger partial charge in [0.15, 0.2) is 4.96 Å². The first-order chi connectivity index (χ1) is 15.7. The summed E-state index contributed by atoms with van der Waals surface area (Å²) in [5.74, 6) is 0. The number of thiazole rings is 1. The fourth-order valence-corrected chi connectivity index (χ4v) is 4.98. The van der Waals surface area contributed by atoms with Crippen molar-refractivity contribution in [1.82, 2.24) is 9.38 Å². The lowest BCUT2D eigenvalue weighted by Gasteiger charge is -2.04. The van der Waals surface area contributed by atoms with Crippen molar-refractivity contribution in [3.63, 3.8) is 0 Å². The number of nitrogens with zero attached hydrogens (tertiary/aromatic N) is 3. The second-order valence-corrected chi connectivity index (χ2v) is 8.63. The number of hydrogen-bond acceptors (Lipinski definition) is 5. The first kappa shape index (κ1) is 18.7. The maximum absolute atomic E-state index is 13.1. The van der Waals surface area contributed by atoms with Gasteiger partial charge in [-0.05, 0) is 48.9 Å². The second-order valence-electron chi connectivity index (χ2n) is 7.62. The highest BCUT2D eigenvalue weighted by atomic mass is 32.1. The lowest BCUT2D eigenvalue weighted by atomic mass is 10.1.